The number of halogens is 1. The number of hydrogen-bond donors (Lipinski definition) is 1. The normalized spacial score (nSPS) is 17.0. The molecular weight excluding hydrogens is 341 g/mol. The van der Waals surface area contributed by atoms with Crippen LogP contribution in [-0.4, -0.2) is 46.3 Å². The predicted octanol–water partition coefficient (Wildman–Crippen LogP) is 3.27. The third-order valence-corrected chi connectivity index (χ3v) is 5.51. The fraction of sp³-hybridized carbons (Fsp3) is 0.333. The van der Waals surface area contributed by atoms with Gasteiger partial charge < -0.3 is 9.84 Å². The lowest BCUT2D eigenvalue weighted by atomic mass is 9.97. The molecule has 130 valence electrons. The fourth-order valence-electron chi connectivity index (χ4n) is 3.36. The number of aromatic nitrogens is 2. The standard InChI is InChI=1S/C18H18FN3O2S/c1-11-9-12(17(23)15-18(11)25-10-21-15)16(22-5-7-24-8-6-22)14-13(19)3-2-4-20-14/h2-4,9-10,16,23H,5-8H2,1H3. The first-order valence-corrected chi connectivity index (χ1v) is 9.02. The molecule has 3 aromatic rings. The molecule has 1 N–H and O–H groups in total. The second kappa shape index (κ2) is 6.67. The summed E-state index contributed by atoms with van der Waals surface area (Å²) in [6, 6.07) is 4.42. The van der Waals surface area contributed by atoms with Crippen molar-refractivity contribution in [1.82, 2.24) is 14.9 Å². The molecule has 0 spiro atoms. The number of morpholine rings is 1. The zero-order chi connectivity index (χ0) is 17.4. The zero-order valence-corrected chi connectivity index (χ0v) is 14.6. The number of rotatable bonds is 3. The van der Waals surface area contributed by atoms with E-state index < -0.39 is 6.04 Å². The Kier molecular flexibility index (Phi) is 4.37. The van der Waals surface area contributed by atoms with Crippen LogP contribution in [0.5, 0.6) is 5.75 Å². The lowest BCUT2D eigenvalue weighted by Gasteiger charge is -2.35. The van der Waals surface area contributed by atoms with E-state index in [0.29, 0.717) is 43.1 Å². The van der Waals surface area contributed by atoms with Crippen LogP contribution in [-0.2, 0) is 4.74 Å². The van der Waals surface area contributed by atoms with Gasteiger partial charge in [-0.1, -0.05) is 0 Å². The third-order valence-electron chi connectivity index (χ3n) is 4.55. The van der Waals surface area contributed by atoms with Crippen molar-refractivity contribution in [2.24, 2.45) is 0 Å². The quantitative estimate of drug-likeness (QED) is 0.778. The van der Waals surface area contributed by atoms with Gasteiger partial charge in [0.2, 0.25) is 0 Å². The number of aryl methyl sites for hydroxylation is 1. The Morgan fingerprint density at radius 3 is 2.88 bits per heavy atom. The SMILES string of the molecule is Cc1cc(C(c2ncccc2F)N2CCOCC2)c(O)c2ncsc12. The van der Waals surface area contributed by atoms with Gasteiger partial charge in [-0.05, 0) is 30.7 Å². The van der Waals surface area contributed by atoms with Crippen LogP contribution in [0.15, 0.2) is 29.9 Å². The molecule has 0 amide bonds. The number of phenols is 1. The van der Waals surface area contributed by atoms with Crippen LogP contribution < -0.4 is 0 Å². The highest BCUT2D eigenvalue weighted by Crippen LogP contribution is 2.40. The third kappa shape index (κ3) is 2.88. The molecule has 0 saturated carbocycles. The molecular formula is C18H18FN3O2S. The summed E-state index contributed by atoms with van der Waals surface area (Å²) in [5.41, 5.74) is 4.24. The van der Waals surface area contributed by atoms with Crippen molar-refractivity contribution in [2.45, 2.75) is 13.0 Å². The van der Waals surface area contributed by atoms with Gasteiger partial charge in [-0.25, -0.2) is 9.37 Å². The minimum atomic E-state index is -0.477. The van der Waals surface area contributed by atoms with E-state index in [-0.39, 0.29) is 11.6 Å². The molecule has 1 aliphatic rings. The van der Waals surface area contributed by atoms with Crippen LogP contribution >= 0.6 is 11.3 Å². The topological polar surface area (TPSA) is 58.5 Å². The summed E-state index contributed by atoms with van der Waals surface area (Å²) in [7, 11) is 0. The summed E-state index contributed by atoms with van der Waals surface area (Å²) in [4.78, 5) is 10.7. The number of benzene rings is 1. The van der Waals surface area contributed by atoms with Crippen LogP contribution in [0.3, 0.4) is 0 Å². The molecule has 1 aromatic carbocycles. The molecule has 25 heavy (non-hydrogen) atoms. The lowest BCUT2D eigenvalue weighted by molar-refractivity contribution is 0.0222. The highest BCUT2D eigenvalue weighted by molar-refractivity contribution is 7.17. The molecule has 1 saturated heterocycles. The lowest BCUT2D eigenvalue weighted by Crippen LogP contribution is -2.40. The highest BCUT2D eigenvalue weighted by atomic mass is 32.1. The summed E-state index contributed by atoms with van der Waals surface area (Å²) in [5, 5.41) is 10.9. The zero-order valence-electron chi connectivity index (χ0n) is 13.8. The molecule has 1 fully saturated rings. The molecule has 7 heteroatoms. The average Bonchev–Trinajstić information content (AvgIpc) is 3.13. The highest BCUT2D eigenvalue weighted by Gasteiger charge is 2.31. The Morgan fingerprint density at radius 2 is 2.12 bits per heavy atom. The first-order valence-electron chi connectivity index (χ1n) is 8.14. The average molecular weight is 359 g/mol. The van der Waals surface area contributed by atoms with E-state index in [0.717, 1.165) is 10.3 Å². The van der Waals surface area contributed by atoms with Gasteiger partial charge >= 0.3 is 0 Å². The smallest absolute Gasteiger partial charge is 0.147 e. The summed E-state index contributed by atoms with van der Waals surface area (Å²) in [6.07, 6.45) is 1.58. The molecule has 1 atom stereocenters. The van der Waals surface area contributed by atoms with E-state index >= 15 is 0 Å². The first-order chi connectivity index (χ1) is 12.2. The van der Waals surface area contributed by atoms with E-state index in [4.69, 9.17) is 4.74 Å². The molecule has 0 aliphatic carbocycles. The predicted molar refractivity (Wildman–Crippen MR) is 94.5 cm³/mol. The van der Waals surface area contributed by atoms with E-state index in [1.165, 1.54) is 17.4 Å². The Balaban J connectivity index is 1.91. The van der Waals surface area contributed by atoms with Gasteiger partial charge in [-0.2, -0.15) is 0 Å². The van der Waals surface area contributed by atoms with Crippen LogP contribution in [0.4, 0.5) is 4.39 Å². The van der Waals surface area contributed by atoms with Crippen molar-refractivity contribution in [1.29, 1.82) is 0 Å². The van der Waals surface area contributed by atoms with Gasteiger partial charge in [0.05, 0.1) is 35.2 Å². The van der Waals surface area contributed by atoms with Crippen LogP contribution in [0, 0.1) is 12.7 Å². The van der Waals surface area contributed by atoms with Crippen molar-refractivity contribution in [3.8, 4) is 5.75 Å². The second-order valence-corrected chi connectivity index (χ2v) is 6.94. The van der Waals surface area contributed by atoms with Crippen molar-refractivity contribution in [2.75, 3.05) is 26.3 Å². The van der Waals surface area contributed by atoms with Gasteiger partial charge in [0.1, 0.15) is 17.1 Å². The maximum Gasteiger partial charge on any atom is 0.147 e. The summed E-state index contributed by atoms with van der Waals surface area (Å²) >= 11 is 1.49. The number of nitrogens with zero attached hydrogens (tertiary/aromatic N) is 3. The molecule has 1 unspecified atom stereocenters. The van der Waals surface area contributed by atoms with E-state index in [1.54, 1.807) is 17.8 Å². The van der Waals surface area contributed by atoms with E-state index in [2.05, 4.69) is 14.9 Å². The number of aromatic hydroxyl groups is 1. The maximum atomic E-state index is 14.6. The fourth-order valence-corrected chi connectivity index (χ4v) is 4.13. The first kappa shape index (κ1) is 16.4. The minimum Gasteiger partial charge on any atom is -0.505 e. The van der Waals surface area contributed by atoms with Gasteiger partial charge in [-0.3, -0.25) is 9.88 Å². The Labute approximate surface area is 148 Å². The number of phenolic OH excluding ortho intramolecular Hbond substituents is 1. The molecule has 5 nitrogen and oxygen atoms in total. The van der Waals surface area contributed by atoms with Crippen LogP contribution in [0.1, 0.15) is 22.9 Å². The van der Waals surface area contributed by atoms with Crippen molar-refractivity contribution >= 4 is 21.6 Å². The number of ether oxygens (including phenoxy) is 1. The van der Waals surface area contributed by atoms with Crippen LogP contribution in [0.2, 0.25) is 0 Å². The maximum absolute atomic E-state index is 14.6. The van der Waals surface area contributed by atoms with Gasteiger partial charge in [-0.15, -0.1) is 11.3 Å². The number of thiazole rings is 1. The van der Waals surface area contributed by atoms with Crippen LogP contribution in [0.25, 0.3) is 10.2 Å². The largest absolute Gasteiger partial charge is 0.505 e. The molecule has 2 aromatic heterocycles. The van der Waals surface area contributed by atoms with E-state index in [1.807, 2.05) is 13.0 Å². The molecule has 3 heterocycles. The molecule has 0 bridgehead atoms. The summed E-state index contributed by atoms with van der Waals surface area (Å²) in [5.74, 6) is -0.280. The Morgan fingerprint density at radius 1 is 1.32 bits per heavy atom. The molecule has 4 rings (SSSR count). The second-order valence-electron chi connectivity index (χ2n) is 6.08. The summed E-state index contributed by atoms with van der Waals surface area (Å²) in [6.45, 7) is 4.42. The number of hydrogen-bond acceptors (Lipinski definition) is 6. The summed E-state index contributed by atoms with van der Waals surface area (Å²) < 4.78 is 20.9. The number of fused-ring (bicyclic) bond motifs is 1. The van der Waals surface area contributed by atoms with Gasteiger partial charge in [0.15, 0.2) is 0 Å². The van der Waals surface area contributed by atoms with E-state index in [9.17, 15) is 9.50 Å². The Hall–Kier alpha value is -2.09. The van der Waals surface area contributed by atoms with Crippen molar-refractivity contribution in [3.05, 3.63) is 52.5 Å². The van der Waals surface area contributed by atoms with Crippen molar-refractivity contribution < 1.29 is 14.2 Å². The monoisotopic (exact) mass is 359 g/mol. The molecule has 0 radical (unpaired) electrons. The molecule has 1 aliphatic heterocycles. The minimum absolute atomic E-state index is 0.100. The Bertz CT molecular complexity index is 908. The van der Waals surface area contributed by atoms with Crippen molar-refractivity contribution in [3.63, 3.8) is 0 Å². The number of pyridine rings is 1. The van der Waals surface area contributed by atoms with Gasteiger partial charge in [0, 0.05) is 24.8 Å². The van der Waals surface area contributed by atoms with Gasteiger partial charge in [0.25, 0.3) is 0 Å².